The fraction of sp³-hybridized carbons (Fsp3) is 0.167. The highest BCUT2D eigenvalue weighted by atomic mass is 16.1. The SMILES string of the molecule is Cc1ccc(C=C(C=O)c2ccc(N(C)C)cc2)cc1. The van der Waals surface area contributed by atoms with Crippen molar-refractivity contribution in [2.45, 2.75) is 6.92 Å². The number of carbonyl (C=O) groups is 1. The summed E-state index contributed by atoms with van der Waals surface area (Å²) in [6.45, 7) is 2.05. The number of benzene rings is 2. The molecule has 0 radical (unpaired) electrons. The third-order valence-corrected chi connectivity index (χ3v) is 3.24. The second kappa shape index (κ2) is 6.20. The maximum absolute atomic E-state index is 11.3. The molecule has 2 heteroatoms. The van der Waals surface area contributed by atoms with E-state index in [0.717, 1.165) is 23.1 Å². The Balaban J connectivity index is 2.31. The highest BCUT2D eigenvalue weighted by Crippen LogP contribution is 2.20. The predicted octanol–water partition coefficient (Wildman–Crippen LogP) is 3.80. The Kier molecular flexibility index (Phi) is 4.36. The van der Waals surface area contributed by atoms with Gasteiger partial charge in [-0.1, -0.05) is 42.0 Å². The zero-order chi connectivity index (χ0) is 14.5. The van der Waals surface area contributed by atoms with Crippen LogP contribution in [0.4, 0.5) is 5.69 Å². The van der Waals surface area contributed by atoms with Crippen LogP contribution in [0.3, 0.4) is 0 Å². The van der Waals surface area contributed by atoms with E-state index in [1.54, 1.807) is 0 Å². The van der Waals surface area contributed by atoms with Crippen molar-refractivity contribution in [2.24, 2.45) is 0 Å². The first kappa shape index (κ1) is 14.1. The number of rotatable bonds is 4. The molecule has 0 bridgehead atoms. The first-order chi connectivity index (χ1) is 9.60. The van der Waals surface area contributed by atoms with Crippen LogP contribution in [-0.4, -0.2) is 20.4 Å². The van der Waals surface area contributed by atoms with Crippen molar-refractivity contribution in [3.63, 3.8) is 0 Å². The van der Waals surface area contributed by atoms with Crippen LogP contribution in [-0.2, 0) is 4.79 Å². The molecule has 102 valence electrons. The van der Waals surface area contributed by atoms with E-state index >= 15 is 0 Å². The number of allylic oxidation sites excluding steroid dienone is 1. The number of hydrogen-bond donors (Lipinski definition) is 0. The molecular weight excluding hydrogens is 246 g/mol. The zero-order valence-corrected chi connectivity index (χ0v) is 12.1. The van der Waals surface area contributed by atoms with Crippen LogP contribution in [0.2, 0.25) is 0 Å². The Labute approximate surface area is 120 Å². The van der Waals surface area contributed by atoms with E-state index in [9.17, 15) is 4.79 Å². The van der Waals surface area contributed by atoms with Gasteiger partial charge in [-0.25, -0.2) is 0 Å². The van der Waals surface area contributed by atoms with Gasteiger partial charge in [-0.2, -0.15) is 0 Å². The third-order valence-electron chi connectivity index (χ3n) is 3.24. The number of carbonyl (C=O) groups excluding carboxylic acids is 1. The molecule has 0 fully saturated rings. The van der Waals surface area contributed by atoms with Crippen molar-refractivity contribution in [1.29, 1.82) is 0 Å². The van der Waals surface area contributed by atoms with E-state index < -0.39 is 0 Å². The van der Waals surface area contributed by atoms with Gasteiger partial charge < -0.3 is 4.90 Å². The Morgan fingerprint density at radius 1 is 0.950 bits per heavy atom. The van der Waals surface area contributed by atoms with E-state index in [0.29, 0.717) is 5.57 Å². The van der Waals surface area contributed by atoms with E-state index in [1.807, 2.05) is 80.5 Å². The van der Waals surface area contributed by atoms with E-state index in [1.165, 1.54) is 5.56 Å². The summed E-state index contributed by atoms with van der Waals surface area (Å²) in [5, 5.41) is 0. The normalized spacial score (nSPS) is 11.2. The maximum atomic E-state index is 11.3. The fourth-order valence-electron chi connectivity index (χ4n) is 1.98. The van der Waals surface area contributed by atoms with Crippen LogP contribution in [0.1, 0.15) is 16.7 Å². The Morgan fingerprint density at radius 2 is 1.55 bits per heavy atom. The fourth-order valence-corrected chi connectivity index (χ4v) is 1.98. The quantitative estimate of drug-likeness (QED) is 0.476. The van der Waals surface area contributed by atoms with Gasteiger partial charge in [-0.3, -0.25) is 4.79 Å². The minimum Gasteiger partial charge on any atom is -0.378 e. The lowest BCUT2D eigenvalue weighted by Gasteiger charge is -2.12. The largest absolute Gasteiger partial charge is 0.378 e. The zero-order valence-electron chi connectivity index (χ0n) is 12.1. The standard InChI is InChI=1S/C18H19NO/c1-14-4-6-15(7-5-14)12-17(13-20)16-8-10-18(11-9-16)19(2)3/h4-13H,1-3H3. The molecule has 0 aliphatic heterocycles. The van der Waals surface area contributed by atoms with Crippen molar-refractivity contribution in [2.75, 3.05) is 19.0 Å². The predicted molar refractivity (Wildman–Crippen MR) is 85.9 cm³/mol. The summed E-state index contributed by atoms with van der Waals surface area (Å²) in [5.74, 6) is 0. The molecule has 0 spiro atoms. The Hall–Kier alpha value is -2.35. The molecular formula is C18H19NO. The first-order valence-electron chi connectivity index (χ1n) is 6.61. The maximum Gasteiger partial charge on any atom is 0.150 e. The van der Waals surface area contributed by atoms with Crippen molar-refractivity contribution in [3.8, 4) is 0 Å². The molecule has 0 atom stereocenters. The third kappa shape index (κ3) is 3.35. The van der Waals surface area contributed by atoms with Gasteiger partial charge >= 0.3 is 0 Å². The molecule has 0 saturated carbocycles. The number of hydrogen-bond acceptors (Lipinski definition) is 2. The smallest absolute Gasteiger partial charge is 0.150 e. The van der Waals surface area contributed by atoms with Gasteiger partial charge in [0.1, 0.15) is 0 Å². The van der Waals surface area contributed by atoms with Crippen LogP contribution in [0.5, 0.6) is 0 Å². The van der Waals surface area contributed by atoms with Gasteiger partial charge in [0.05, 0.1) is 0 Å². The van der Waals surface area contributed by atoms with Crippen LogP contribution < -0.4 is 4.90 Å². The molecule has 0 aliphatic rings. The molecule has 2 aromatic carbocycles. The van der Waals surface area contributed by atoms with Gasteiger partial charge in [-0.15, -0.1) is 0 Å². The summed E-state index contributed by atoms with van der Waals surface area (Å²) < 4.78 is 0. The number of nitrogens with zero attached hydrogens (tertiary/aromatic N) is 1. The minimum atomic E-state index is 0.694. The van der Waals surface area contributed by atoms with Gasteiger partial charge in [0.25, 0.3) is 0 Å². The van der Waals surface area contributed by atoms with Gasteiger partial charge in [0.15, 0.2) is 6.29 Å². The number of anilines is 1. The highest BCUT2D eigenvalue weighted by molar-refractivity contribution is 6.13. The Morgan fingerprint density at radius 3 is 2.05 bits per heavy atom. The summed E-state index contributed by atoms with van der Waals surface area (Å²) >= 11 is 0. The van der Waals surface area contributed by atoms with Gasteiger partial charge in [0.2, 0.25) is 0 Å². The molecule has 2 aromatic rings. The molecule has 0 heterocycles. The summed E-state index contributed by atoms with van der Waals surface area (Å²) in [5.41, 5.74) is 5.00. The topological polar surface area (TPSA) is 20.3 Å². The number of aryl methyl sites for hydroxylation is 1. The average Bonchev–Trinajstić information content (AvgIpc) is 2.47. The molecule has 0 saturated heterocycles. The lowest BCUT2D eigenvalue weighted by molar-refractivity contribution is -0.103. The van der Waals surface area contributed by atoms with Crippen molar-refractivity contribution < 1.29 is 4.79 Å². The van der Waals surface area contributed by atoms with E-state index in [4.69, 9.17) is 0 Å². The molecule has 0 aromatic heterocycles. The average molecular weight is 265 g/mol. The number of aldehydes is 1. The summed E-state index contributed by atoms with van der Waals surface area (Å²) in [4.78, 5) is 13.4. The van der Waals surface area contributed by atoms with E-state index in [2.05, 4.69) is 0 Å². The second-order valence-corrected chi connectivity index (χ2v) is 5.07. The first-order valence-corrected chi connectivity index (χ1v) is 6.61. The molecule has 20 heavy (non-hydrogen) atoms. The van der Waals surface area contributed by atoms with Gasteiger partial charge in [-0.05, 0) is 36.3 Å². The van der Waals surface area contributed by atoms with Crippen LogP contribution in [0.15, 0.2) is 48.5 Å². The molecule has 2 nitrogen and oxygen atoms in total. The monoisotopic (exact) mass is 265 g/mol. The van der Waals surface area contributed by atoms with Crippen molar-refractivity contribution >= 4 is 23.6 Å². The summed E-state index contributed by atoms with van der Waals surface area (Å²) in [7, 11) is 4.00. The molecule has 0 unspecified atom stereocenters. The molecule has 0 aliphatic carbocycles. The van der Waals surface area contributed by atoms with Crippen LogP contribution in [0.25, 0.3) is 11.6 Å². The summed E-state index contributed by atoms with van der Waals surface area (Å²) in [6.07, 6.45) is 2.82. The van der Waals surface area contributed by atoms with Crippen LogP contribution >= 0.6 is 0 Å². The van der Waals surface area contributed by atoms with E-state index in [-0.39, 0.29) is 0 Å². The van der Waals surface area contributed by atoms with Crippen molar-refractivity contribution in [1.82, 2.24) is 0 Å². The molecule has 0 amide bonds. The molecule has 2 rings (SSSR count). The minimum absolute atomic E-state index is 0.694. The summed E-state index contributed by atoms with van der Waals surface area (Å²) in [6, 6.07) is 16.1. The van der Waals surface area contributed by atoms with Crippen molar-refractivity contribution in [3.05, 3.63) is 65.2 Å². The lowest BCUT2D eigenvalue weighted by atomic mass is 10.0. The van der Waals surface area contributed by atoms with Gasteiger partial charge in [0, 0.05) is 25.4 Å². The lowest BCUT2D eigenvalue weighted by Crippen LogP contribution is -2.08. The molecule has 0 N–H and O–H groups in total. The highest BCUT2D eigenvalue weighted by Gasteiger charge is 2.02. The van der Waals surface area contributed by atoms with Crippen LogP contribution in [0, 0.1) is 6.92 Å². The Bertz CT molecular complexity index is 607. The second-order valence-electron chi connectivity index (χ2n) is 5.07.